The number of piperidine rings is 3. The average Bonchev–Trinajstić information content (AvgIpc) is 2.40. The van der Waals surface area contributed by atoms with Crippen LogP contribution in [0.5, 0.6) is 0 Å². The second kappa shape index (κ2) is 6.33. The summed E-state index contributed by atoms with van der Waals surface area (Å²) in [6, 6.07) is 3.18. The zero-order chi connectivity index (χ0) is 14.1. The highest BCUT2D eigenvalue weighted by Gasteiger charge is 2.36. The Kier molecular flexibility index (Phi) is 4.68. The number of hydrogen-bond donors (Lipinski definition) is 1. The van der Waals surface area contributed by atoms with Gasteiger partial charge in [0.1, 0.15) is 0 Å². The number of rotatable bonds is 3. The largest absolute Gasteiger partial charge is 0.311 e. The number of likely N-dealkylation sites (tertiary alicyclic amines) is 1. The van der Waals surface area contributed by atoms with E-state index in [-0.39, 0.29) is 0 Å². The molecule has 3 aliphatic rings. The second-order valence-electron chi connectivity index (χ2n) is 7.67. The third kappa shape index (κ3) is 3.20. The zero-order valence-electron chi connectivity index (χ0n) is 13.6. The molecule has 3 heterocycles. The number of fused-ring (bicyclic) bond motifs is 2. The lowest BCUT2D eigenvalue weighted by atomic mass is 9.81. The van der Waals surface area contributed by atoms with Crippen LogP contribution in [0.1, 0.15) is 51.9 Å². The summed E-state index contributed by atoms with van der Waals surface area (Å²) in [6.07, 6.45) is 9.82. The maximum Gasteiger partial charge on any atom is 0.0110 e. The quantitative estimate of drug-likeness (QED) is 0.855. The summed E-state index contributed by atoms with van der Waals surface area (Å²) in [4.78, 5) is 5.14. The minimum Gasteiger partial charge on any atom is -0.311 e. The molecule has 0 aromatic rings. The Labute approximate surface area is 125 Å². The zero-order valence-corrected chi connectivity index (χ0v) is 13.6. The number of nitrogens with zero attached hydrogens (tertiary/aromatic N) is 2. The molecule has 1 N–H and O–H groups in total. The Balaban J connectivity index is 1.50. The van der Waals surface area contributed by atoms with E-state index in [1.807, 2.05) is 0 Å². The van der Waals surface area contributed by atoms with Crippen LogP contribution in [0, 0.1) is 5.92 Å². The van der Waals surface area contributed by atoms with Crippen molar-refractivity contribution in [3.05, 3.63) is 0 Å². The van der Waals surface area contributed by atoms with Crippen molar-refractivity contribution in [3.8, 4) is 0 Å². The lowest BCUT2D eigenvalue weighted by Crippen LogP contribution is -2.56. The van der Waals surface area contributed by atoms with Gasteiger partial charge < -0.3 is 15.1 Å². The van der Waals surface area contributed by atoms with Crippen LogP contribution in [0.3, 0.4) is 0 Å². The molecule has 3 saturated heterocycles. The molecule has 20 heavy (non-hydrogen) atoms. The topological polar surface area (TPSA) is 18.5 Å². The first-order valence-electron chi connectivity index (χ1n) is 8.80. The standard InChI is InChI=1S/C17H33N3/c1-13(14-7-9-19(2)10-8-14)18-15-11-16-5-4-6-17(12-15)20(16)3/h13-18H,4-12H2,1-3H3. The highest BCUT2D eigenvalue weighted by Crippen LogP contribution is 2.33. The van der Waals surface area contributed by atoms with Crippen molar-refractivity contribution in [2.75, 3.05) is 27.2 Å². The fourth-order valence-corrected chi connectivity index (χ4v) is 4.79. The van der Waals surface area contributed by atoms with E-state index < -0.39 is 0 Å². The van der Waals surface area contributed by atoms with E-state index in [4.69, 9.17) is 0 Å². The van der Waals surface area contributed by atoms with Gasteiger partial charge in [0, 0.05) is 24.2 Å². The van der Waals surface area contributed by atoms with Gasteiger partial charge in [-0.15, -0.1) is 0 Å². The molecule has 3 aliphatic heterocycles. The van der Waals surface area contributed by atoms with Gasteiger partial charge in [0.05, 0.1) is 0 Å². The molecule has 0 amide bonds. The monoisotopic (exact) mass is 279 g/mol. The van der Waals surface area contributed by atoms with Gasteiger partial charge >= 0.3 is 0 Å². The fraction of sp³-hybridized carbons (Fsp3) is 1.00. The second-order valence-corrected chi connectivity index (χ2v) is 7.67. The summed E-state index contributed by atoms with van der Waals surface area (Å²) in [5.74, 6) is 0.894. The van der Waals surface area contributed by atoms with Crippen LogP contribution < -0.4 is 5.32 Å². The lowest BCUT2D eigenvalue weighted by molar-refractivity contribution is 0.0425. The van der Waals surface area contributed by atoms with Gasteiger partial charge in [-0.2, -0.15) is 0 Å². The van der Waals surface area contributed by atoms with Gasteiger partial charge in [-0.25, -0.2) is 0 Å². The average molecular weight is 279 g/mol. The van der Waals surface area contributed by atoms with Crippen molar-refractivity contribution < 1.29 is 0 Å². The van der Waals surface area contributed by atoms with Crippen LogP contribution in [0.25, 0.3) is 0 Å². The summed E-state index contributed by atoms with van der Waals surface area (Å²) in [5.41, 5.74) is 0. The molecule has 0 radical (unpaired) electrons. The molecule has 0 aliphatic carbocycles. The molecule has 0 spiro atoms. The van der Waals surface area contributed by atoms with Crippen molar-refractivity contribution in [2.24, 2.45) is 5.92 Å². The van der Waals surface area contributed by atoms with Gasteiger partial charge in [0.25, 0.3) is 0 Å². The molecule has 2 bridgehead atoms. The predicted octanol–water partition coefficient (Wildman–Crippen LogP) is 2.32. The molecule has 0 aromatic carbocycles. The van der Waals surface area contributed by atoms with Crippen LogP contribution in [0.2, 0.25) is 0 Å². The number of hydrogen-bond acceptors (Lipinski definition) is 3. The van der Waals surface area contributed by atoms with E-state index in [0.29, 0.717) is 6.04 Å². The van der Waals surface area contributed by atoms with Gasteiger partial charge in [0.15, 0.2) is 0 Å². The van der Waals surface area contributed by atoms with Crippen molar-refractivity contribution in [1.29, 1.82) is 0 Å². The van der Waals surface area contributed by atoms with E-state index in [1.165, 1.54) is 58.0 Å². The summed E-state index contributed by atoms with van der Waals surface area (Å²) < 4.78 is 0. The Morgan fingerprint density at radius 2 is 1.55 bits per heavy atom. The van der Waals surface area contributed by atoms with Crippen LogP contribution in [0.4, 0.5) is 0 Å². The van der Waals surface area contributed by atoms with Gasteiger partial charge in [-0.1, -0.05) is 6.42 Å². The molecule has 0 aromatic heterocycles. The summed E-state index contributed by atoms with van der Waals surface area (Å²) in [7, 11) is 4.61. The first-order chi connectivity index (χ1) is 9.63. The third-order valence-corrected chi connectivity index (χ3v) is 6.31. The Bertz CT molecular complexity index is 297. The summed E-state index contributed by atoms with van der Waals surface area (Å²) in [5, 5.41) is 4.01. The molecule has 3 atom stereocenters. The van der Waals surface area contributed by atoms with E-state index >= 15 is 0 Å². The molecule has 3 fully saturated rings. The normalized spacial score (nSPS) is 38.9. The first-order valence-corrected chi connectivity index (χ1v) is 8.80. The van der Waals surface area contributed by atoms with Crippen LogP contribution in [-0.2, 0) is 0 Å². The molecule has 116 valence electrons. The molecular formula is C17H33N3. The van der Waals surface area contributed by atoms with Crippen LogP contribution >= 0.6 is 0 Å². The van der Waals surface area contributed by atoms with Crippen LogP contribution in [0.15, 0.2) is 0 Å². The molecular weight excluding hydrogens is 246 g/mol. The maximum absolute atomic E-state index is 4.01. The van der Waals surface area contributed by atoms with Gasteiger partial charge in [-0.3, -0.25) is 0 Å². The van der Waals surface area contributed by atoms with E-state index in [9.17, 15) is 0 Å². The summed E-state index contributed by atoms with van der Waals surface area (Å²) in [6.45, 7) is 5.01. The Hall–Kier alpha value is -0.120. The Morgan fingerprint density at radius 1 is 0.950 bits per heavy atom. The smallest absolute Gasteiger partial charge is 0.0110 e. The van der Waals surface area contributed by atoms with Crippen molar-refractivity contribution in [1.82, 2.24) is 15.1 Å². The van der Waals surface area contributed by atoms with E-state index in [2.05, 4.69) is 36.1 Å². The van der Waals surface area contributed by atoms with Crippen molar-refractivity contribution in [3.63, 3.8) is 0 Å². The third-order valence-electron chi connectivity index (χ3n) is 6.31. The SMILES string of the molecule is CC(NC1CC2CCCC(C1)N2C)C1CCN(C)CC1. The minimum absolute atomic E-state index is 0.706. The Morgan fingerprint density at radius 3 is 2.15 bits per heavy atom. The van der Waals surface area contributed by atoms with Crippen molar-refractivity contribution >= 4 is 0 Å². The molecule has 3 rings (SSSR count). The van der Waals surface area contributed by atoms with E-state index in [0.717, 1.165) is 24.0 Å². The molecule has 3 unspecified atom stereocenters. The first kappa shape index (κ1) is 14.8. The highest BCUT2D eigenvalue weighted by molar-refractivity contribution is 4.94. The molecule has 0 saturated carbocycles. The maximum atomic E-state index is 4.01. The molecule has 3 nitrogen and oxygen atoms in total. The van der Waals surface area contributed by atoms with Crippen LogP contribution in [-0.4, -0.2) is 61.2 Å². The van der Waals surface area contributed by atoms with Gasteiger partial charge in [0.2, 0.25) is 0 Å². The van der Waals surface area contributed by atoms with Gasteiger partial charge in [-0.05, 0) is 78.6 Å². The molecule has 3 heteroatoms. The lowest BCUT2D eigenvalue weighted by Gasteiger charge is -2.48. The predicted molar refractivity (Wildman–Crippen MR) is 85.0 cm³/mol. The fourth-order valence-electron chi connectivity index (χ4n) is 4.79. The number of nitrogens with one attached hydrogen (secondary N) is 1. The van der Waals surface area contributed by atoms with E-state index in [1.54, 1.807) is 0 Å². The minimum atomic E-state index is 0.706. The van der Waals surface area contributed by atoms with Crippen molar-refractivity contribution in [2.45, 2.75) is 76.0 Å². The highest BCUT2D eigenvalue weighted by atomic mass is 15.2. The summed E-state index contributed by atoms with van der Waals surface area (Å²) >= 11 is 0.